The Bertz CT molecular complexity index is 273. The van der Waals surface area contributed by atoms with E-state index in [2.05, 4.69) is 17.6 Å². The molecule has 4 heteroatoms. The molecule has 0 radical (unpaired) electrons. The first kappa shape index (κ1) is 14.2. The molecule has 0 aromatic heterocycles. The summed E-state index contributed by atoms with van der Waals surface area (Å²) in [4.78, 5) is 12.0. The Labute approximate surface area is 115 Å². The Kier molecular flexibility index (Phi) is 5.83. The average Bonchev–Trinajstić information content (AvgIpc) is 2.39. The van der Waals surface area contributed by atoms with Gasteiger partial charge < -0.3 is 5.32 Å². The Morgan fingerprint density at radius 3 is 2.89 bits per heavy atom. The van der Waals surface area contributed by atoms with Crippen molar-refractivity contribution in [2.24, 2.45) is 5.92 Å². The van der Waals surface area contributed by atoms with Gasteiger partial charge in [0.2, 0.25) is 5.91 Å². The maximum Gasteiger partial charge on any atom is 0.226 e. The lowest BCUT2D eigenvalue weighted by molar-refractivity contribution is -0.129. The minimum atomic E-state index is 0.151. The van der Waals surface area contributed by atoms with Crippen LogP contribution in [-0.4, -0.2) is 23.2 Å². The number of unbranched alkanes of at least 4 members (excludes halogenated alkanes) is 3. The number of nitrogens with one attached hydrogen (secondary N) is 2. The number of carbonyl (C=O) groups is 1. The Morgan fingerprint density at radius 1 is 1.22 bits per heavy atom. The molecule has 2 rings (SSSR count). The molecule has 1 saturated heterocycles. The molecule has 18 heavy (non-hydrogen) atoms. The summed E-state index contributed by atoms with van der Waals surface area (Å²) in [7, 11) is 0. The van der Waals surface area contributed by atoms with Crippen molar-refractivity contribution in [3.05, 3.63) is 0 Å². The highest BCUT2D eigenvalue weighted by Gasteiger charge is 2.37. The van der Waals surface area contributed by atoms with Gasteiger partial charge >= 0.3 is 0 Å². The molecule has 2 fully saturated rings. The van der Waals surface area contributed by atoms with E-state index in [4.69, 9.17) is 0 Å². The molecule has 0 spiro atoms. The number of hydrogen-bond donors (Lipinski definition) is 2. The number of hydrogen-bond acceptors (Lipinski definition) is 3. The van der Waals surface area contributed by atoms with Crippen LogP contribution in [0.25, 0.3) is 0 Å². The van der Waals surface area contributed by atoms with Gasteiger partial charge in [-0.3, -0.25) is 10.1 Å². The van der Waals surface area contributed by atoms with Gasteiger partial charge in [0.15, 0.2) is 0 Å². The van der Waals surface area contributed by atoms with E-state index >= 15 is 0 Å². The van der Waals surface area contributed by atoms with Gasteiger partial charge in [-0.05, 0) is 25.0 Å². The van der Waals surface area contributed by atoms with Gasteiger partial charge in [-0.15, -0.1) is 11.8 Å². The quantitative estimate of drug-likeness (QED) is 0.729. The molecule has 1 saturated carbocycles. The summed E-state index contributed by atoms with van der Waals surface area (Å²) in [6.07, 6.45) is 9.92. The first-order valence-electron chi connectivity index (χ1n) is 7.49. The number of fused-ring (bicyclic) bond motifs is 1. The summed E-state index contributed by atoms with van der Waals surface area (Å²) in [6.45, 7) is 2.24. The van der Waals surface area contributed by atoms with E-state index in [1.807, 2.05) is 11.8 Å². The van der Waals surface area contributed by atoms with Gasteiger partial charge in [0, 0.05) is 6.04 Å². The Morgan fingerprint density at radius 2 is 2.06 bits per heavy atom. The predicted molar refractivity (Wildman–Crippen MR) is 77.4 cm³/mol. The number of amides is 1. The number of thioether (sulfide) groups is 1. The highest BCUT2D eigenvalue weighted by molar-refractivity contribution is 7.99. The first-order valence-corrected chi connectivity index (χ1v) is 8.54. The Balaban J connectivity index is 1.69. The summed E-state index contributed by atoms with van der Waals surface area (Å²) >= 11 is 1.86. The third-order valence-electron chi connectivity index (χ3n) is 4.02. The van der Waals surface area contributed by atoms with E-state index in [1.165, 1.54) is 44.9 Å². The van der Waals surface area contributed by atoms with Crippen molar-refractivity contribution >= 4 is 17.7 Å². The summed E-state index contributed by atoms with van der Waals surface area (Å²) in [5.74, 6) is 1.66. The summed E-state index contributed by atoms with van der Waals surface area (Å²) < 4.78 is 0. The molecule has 1 aliphatic carbocycles. The van der Waals surface area contributed by atoms with Crippen molar-refractivity contribution in [3.8, 4) is 0 Å². The van der Waals surface area contributed by atoms with Crippen LogP contribution in [0.15, 0.2) is 0 Å². The van der Waals surface area contributed by atoms with Gasteiger partial charge in [-0.1, -0.05) is 39.0 Å². The second-order valence-corrected chi connectivity index (χ2v) is 6.70. The summed E-state index contributed by atoms with van der Waals surface area (Å²) in [5, 5.41) is 6.73. The third-order valence-corrected chi connectivity index (χ3v) is 5.14. The highest BCUT2D eigenvalue weighted by Crippen LogP contribution is 2.29. The molecule has 2 aliphatic rings. The molecule has 0 bridgehead atoms. The standard InChI is InChI=1S/C14H26N2OS/c1-2-3-4-7-10-18-14-15-12-9-6-5-8-11(12)13(17)16-14/h11-12,14-15H,2-10H2,1H3,(H,16,17). The Hall–Kier alpha value is -0.220. The lowest BCUT2D eigenvalue weighted by Gasteiger charge is -2.39. The zero-order chi connectivity index (χ0) is 12.8. The molecule has 3 atom stereocenters. The molecule has 3 nitrogen and oxygen atoms in total. The molecule has 104 valence electrons. The molecule has 0 aromatic carbocycles. The fourth-order valence-electron chi connectivity index (χ4n) is 2.94. The van der Waals surface area contributed by atoms with Gasteiger partial charge in [0.25, 0.3) is 0 Å². The van der Waals surface area contributed by atoms with Crippen LogP contribution < -0.4 is 10.6 Å². The highest BCUT2D eigenvalue weighted by atomic mass is 32.2. The predicted octanol–water partition coefficient (Wildman–Crippen LogP) is 2.86. The van der Waals surface area contributed by atoms with Crippen molar-refractivity contribution in [2.75, 3.05) is 5.75 Å². The van der Waals surface area contributed by atoms with Crippen LogP contribution in [0.5, 0.6) is 0 Å². The van der Waals surface area contributed by atoms with Crippen LogP contribution in [0.1, 0.15) is 58.3 Å². The van der Waals surface area contributed by atoms with Crippen molar-refractivity contribution < 1.29 is 4.79 Å². The first-order chi connectivity index (χ1) is 8.81. The van der Waals surface area contributed by atoms with E-state index in [0.29, 0.717) is 6.04 Å². The fraction of sp³-hybridized carbons (Fsp3) is 0.929. The maximum atomic E-state index is 12.0. The van der Waals surface area contributed by atoms with E-state index in [1.54, 1.807) is 0 Å². The molecule has 1 amide bonds. The molecule has 1 aliphatic heterocycles. The molecule has 1 heterocycles. The topological polar surface area (TPSA) is 41.1 Å². The fourth-order valence-corrected chi connectivity index (χ4v) is 4.01. The van der Waals surface area contributed by atoms with Crippen LogP contribution in [0.2, 0.25) is 0 Å². The molecule has 3 unspecified atom stereocenters. The van der Waals surface area contributed by atoms with E-state index in [9.17, 15) is 4.79 Å². The molecule has 0 aromatic rings. The largest absolute Gasteiger partial charge is 0.332 e. The van der Waals surface area contributed by atoms with Gasteiger partial charge in [0.05, 0.1) is 5.92 Å². The van der Waals surface area contributed by atoms with Gasteiger partial charge in [-0.25, -0.2) is 0 Å². The average molecular weight is 270 g/mol. The van der Waals surface area contributed by atoms with Crippen molar-refractivity contribution in [1.29, 1.82) is 0 Å². The van der Waals surface area contributed by atoms with Crippen LogP contribution >= 0.6 is 11.8 Å². The third kappa shape index (κ3) is 3.89. The monoisotopic (exact) mass is 270 g/mol. The maximum absolute atomic E-state index is 12.0. The van der Waals surface area contributed by atoms with E-state index < -0.39 is 0 Å². The van der Waals surface area contributed by atoms with Crippen LogP contribution in [0.3, 0.4) is 0 Å². The molecular formula is C14H26N2OS. The zero-order valence-electron chi connectivity index (χ0n) is 11.4. The number of carbonyl (C=O) groups excluding carboxylic acids is 1. The molecular weight excluding hydrogens is 244 g/mol. The summed E-state index contributed by atoms with van der Waals surface area (Å²) in [5.41, 5.74) is 0.151. The second-order valence-electron chi connectivity index (χ2n) is 5.48. The normalized spacial score (nSPS) is 31.8. The minimum Gasteiger partial charge on any atom is -0.332 e. The van der Waals surface area contributed by atoms with Crippen molar-refractivity contribution in [1.82, 2.24) is 10.6 Å². The van der Waals surface area contributed by atoms with E-state index in [-0.39, 0.29) is 17.3 Å². The van der Waals surface area contributed by atoms with Crippen molar-refractivity contribution in [3.63, 3.8) is 0 Å². The van der Waals surface area contributed by atoms with Crippen LogP contribution in [-0.2, 0) is 4.79 Å². The van der Waals surface area contributed by atoms with Crippen molar-refractivity contribution in [2.45, 2.75) is 69.8 Å². The van der Waals surface area contributed by atoms with Gasteiger partial charge in [-0.2, -0.15) is 0 Å². The number of rotatable bonds is 6. The molecule has 2 N–H and O–H groups in total. The smallest absolute Gasteiger partial charge is 0.226 e. The minimum absolute atomic E-state index is 0.151. The SMILES string of the molecule is CCCCCCSC1NC(=O)C2CCCCC2N1. The van der Waals surface area contributed by atoms with Crippen LogP contribution in [0, 0.1) is 5.92 Å². The second kappa shape index (κ2) is 7.39. The lowest BCUT2D eigenvalue weighted by atomic mass is 9.83. The van der Waals surface area contributed by atoms with E-state index in [0.717, 1.165) is 12.2 Å². The summed E-state index contributed by atoms with van der Waals surface area (Å²) in [6, 6.07) is 0.431. The van der Waals surface area contributed by atoms with Crippen LogP contribution in [0.4, 0.5) is 0 Å². The van der Waals surface area contributed by atoms with Gasteiger partial charge in [0.1, 0.15) is 5.50 Å². The zero-order valence-corrected chi connectivity index (χ0v) is 12.2. The lowest BCUT2D eigenvalue weighted by Crippen LogP contribution is -2.60.